The predicted molar refractivity (Wildman–Crippen MR) is 56.5 cm³/mol. The first kappa shape index (κ1) is 9.06. The summed E-state index contributed by atoms with van der Waals surface area (Å²) in [6, 6.07) is 4.05. The van der Waals surface area contributed by atoms with Crippen LogP contribution in [0.2, 0.25) is 0 Å². The van der Waals surface area contributed by atoms with E-state index in [1.165, 1.54) is 0 Å². The summed E-state index contributed by atoms with van der Waals surface area (Å²) < 4.78 is 7.55. The summed E-state index contributed by atoms with van der Waals surface area (Å²) in [5, 5.41) is 1.12. The minimum Gasteiger partial charge on any atom is -0.489 e. The molecule has 0 saturated carbocycles. The third kappa shape index (κ3) is 1.58. The fourth-order valence-electron chi connectivity index (χ4n) is 1.47. The van der Waals surface area contributed by atoms with E-state index in [0.29, 0.717) is 0 Å². The highest BCUT2D eigenvalue weighted by Gasteiger charge is 2.02. The van der Waals surface area contributed by atoms with Crippen molar-refractivity contribution in [3.8, 4) is 5.75 Å². The number of aromatic nitrogens is 2. The highest BCUT2D eigenvalue weighted by Crippen LogP contribution is 2.19. The molecule has 0 atom stereocenters. The molecule has 0 aromatic carbocycles. The molecule has 0 spiro atoms. The molecule has 14 heavy (non-hydrogen) atoms. The van der Waals surface area contributed by atoms with Crippen molar-refractivity contribution in [2.24, 2.45) is 7.05 Å². The van der Waals surface area contributed by atoms with E-state index < -0.39 is 0 Å². The van der Waals surface area contributed by atoms with Crippen LogP contribution in [-0.4, -0.2) is 15.7 Å². The number of hydrogen-bond donors (Lipinski definition) is 0. The molecule has 0 radical (unpaired) electrons. The molecular weight excluding hydrogens is 176 g/mol. The lowest BCUT2D eigenvalue weighted by Gasteiger charge is -2.08. The lowest BCUT2D eigenvalue weighted by atomic mass is 10.3. The Morgan fingerprint density at radius 3 is 2.93 bits per heavy atom. The molecule has 0 aliphatic heterocycles. The average molecular weight is 190 g/mol. The van der Waals surface area contributed by atoms with Crippen LogP contribution in [0.4, 0.5) is 0 Å². The standard InChI is InChI=1S/C11H14N2O/c1-8(2)14-10-6-9-4-5-13(3)11(9)12-7-10/h4-8H,1-3H3. The Balaban J connectivity index is 2.42. The van der Waals surface area contributed by atoms with Gasteiger partial charge < -0.3 is 9.30 Å². The maximum atomic E-state index is 5.56. The number of rotatable bonds is 2. The summed E-state index contributed by atoms with van der Waals surface area (Å²) in [4.78, 5) is 4.33. The maximum Gasteiger partial charge on any atom is 0.139 e. The van der Waals surface area contributed by atoms with Crippen LogP contribution < -0.4 is 4.74 Å². The minimum absolute atomic E-state index is 0.193. The SMILES string of the molecule is CC(C)Oc1cnc2c(ccn2C)c1. The highest BCUT2D eigenvalue weighted by atomic mass is 16.5. The van der Waals surface area contributed by atoms with Gasteiger partial charge >= 0.3 is 0 Å². The normalized spacial score (nSPS) is 11.1. The Kier molecular flexibility index (Phi) is 2.15. The highest BCUT2D eigenvalue weighted by molar-refractivity contribution is 5.77. The van der Waals surface area contributed by atoms with Gasteiger partial charge in [-0.2, -0.15) is 0 Å². The van der Waals surface area contributed by atoms with Crippen molar-refractivity contribution in [2.45, 2.75) is 20.0 Å². The van der Waals surface area contributed by atoms with Gasteiger partial charge in [-0.1, -0.05) is 0 Å². The number of pyridine rings is 1. The first-order valence-corrected chi connectivity index (χ1v) is 4.74. The molecule has 3 nitrogen and oxygen atoms in total. The van der Waals surface area contributed by atoms with Crippen molar-refractivity contribution in [1.82, 2.24) is 9.55 Å². The van der Waals surface area contributed by atoms with Crippen LogP contribution in [0, 0.1) is 0 Å². The third-order valence-electron chi connectivity index (χ3n) is 2.05. The van der Waals surface area contributed by atoms with E-state index in [1.54, 1.807) is 6.20 Å². The molecule has 0 N–H and O–H groups in total. The quantitative estimate of drug-likeness (QED) is 0.726. The molecule has 0 unspecified atom stereocenters. The smallest absolute Gasteiger partial charge is 0.139 e. The van der Waals surface area contributed by atoms with E-state index >= 15 is 0 Å². The molecule has 0 amide bonds. The Hall–Kier alpha value is -1.51. The summed E-state index contributed by atoms with van der Waals surface area (Å²) in [5.41, 5.74) is 0.987. The first-order valence-electron chi connectivity index (χ1n) is 4.74. The molecule has 2 aromatic heterocycles. The first-order chi connectivity index (χ1) is 6.66. The van der Waals surface area contributed by atoms with Gasteiger partial charge in [0.25, 0.3) is 0 Å². The molecule has 0 aliphatic carbocycles. The lowest BCUT2D eigenvalue weighted by molar-refractivity contribution is 0.242. The van der Waals surface area contributed by atoms with E-state index in [1.807, 2.05) is 43.8 Å². The fraction of sp³-hybridized carbons (Fsp3) is 0.364. The van der Waals surface area contributed by atoms with E-state index in [4.69, 9.17) is 4.74 Å². The zero-order chi connectivity index (χ0) is 10.1. The third-order valence-corrected chi connectivity index (χ3v) is 2.05. The van der Waals surface area contributed by atoms with Gasteiger partial charge in [0.15, 0.2) is 0 Å². The van der Waals surface area contributed by atoms with Gasteiger partial charge in [0.05, 0.1) is 12.3 Å². The van der Waals surface area contributed by atoms with Crippen LogP contribution in [-0.2, 0) is 7.05 Å². The molecule has 0 bridgehead atoms. The molecule has 0 saturated heterocycles. The Morgan fingerprint density at radius 1 is 1.43 bits per heavy atom. The van der Waals surface area contributed by atoms with Gasteiger partial charge in [-0.3, -0.25) is 0 Å². The second-order valence-corrected chi connectivity index (χ2v) is 3.68. The number of fused-ring (bicyclic) bond motifs is 1. The van der Waals surface area contributed by atoms with Crippen LogP contribution in [0.3, 0.4) is 0 Å². The van der Waals surface area contributed by atoms with Crippen molar-refractivity contribution >= 4 is 11.0 Å². The lowest BCUT2D eigenvalue weighted by Crippen LogP contribution is -2.05. The van der Waals surface area contributed by atoms with Gasteiger partial charge in [-0.15, -0.1) is 0 Å². The topological polar surface area (TPSA) is 27.1 Å². The summed E-state index contributed by atoms with van der Waals surface area (Å²) in [6.45, 7) is 4.02. The number of nitrogens with zero attached hydrogens (tertiary/aromatic N) is 2. The largest absolute Gasteiger partial charge is 0.489 e. The van der Waals surface area contributed by atoms with E-state index in [-0.39, 0.29) is 6.10 Å². The molecule has 0 fully saturated rings. The zero-order valence-corrected chi connectivity index (χ0v) is 8.69. The van der Waals surface area contributed by atoms with E-state index in [2.05, 4.69) is 4.98 Å². The minimum atomic E-state index is 0.193. The van der Waals surface area contributed by atoms with Gasteiger partial charge in [-0.25, -0.2) is 4.98 Å². The van der Waals surface area contributed by atoms with Crippen molar-refractivity contribution in [2.75, 3.05) is 0 Å². The fourth-order valence-corrected chi connectivity index (χ4v) is 1.47. The van der Waals surface area contributed by atoms with Gasteiger partial charge in [0.2, 0.25) is 0 Å². The van der Waals surface area contributed by atoms with E-state index in [9.17, 15) is 0 Å². The van der Waals surface area contributed by atoms with Gasteiger partial charge in [0.1, 0.15) is 11.4 Å². The van der Waals surface area contributed by atoms with Gasteiger partial charge in [0, 0.05) is 18.6 Å². The Bertz CT molecular complexity index is 445. The molecule has 2 heterocycles. The summed E-state index contributed by atoms with van der Waals surface area (Å²) in [6.07, 6.45) is 3.96. The number of ether oxygens (including phenoxy) is 1. The second kappa shape index (κ2) is 3.33. The Morgan fingerprint density at radius 2 is 2.21 bits per heavy atom. The van der Waals surface area contributed by atoms with Crippen LogP contribution in [0.25, 0.3) is 11.0 Å². The van der Waals surface area contributed by atoms with Crippen molar-refractivity contribution in [3.63, 3.8) is 0 Å². The predicted octanol–water partition coefficient (Wildman–Crippen LogP) is 2.36. The molecule has 2 rings (SSSR count). The van der Waals surface area contributed by atoms with E-state index in [0.717, 1.165) is 16.8 Å². The number of hydrogen-bond acceptors (Lipinski definition) is 2. The molecule has 2 aromatic rings. The van der Waals surface area contributed by atoms with Crippen LogP contribution in [0.15, 0.2) is 24.5 Å². The molecular formula is C11H14N2O. The number of aryl methyl sites for hydroxylation is 1. The van der Waals surface area contributed by atoms with Gasteiger partial charge in [-0.05, 0) is 26.0 Å². The van der Waals surface area contributed by atoms with Crippen LogP contribution in [0.1, 0.15) is 13.8 Å². The van der Waals surface area contributed by atoms with Crippen molar-refractivity contribution in [3.05, 3.63) is 24.5 Å². The summed E-state index contributed by atoms with van der Waals surface area (Å²) >= 11 is 0. The second-order valence-electron chi connectivity index (χ2n) is 3.68. The van der Waals surface area contributed by atoms with Crippen molar-refractivity contribution in [1.29, 1.82) is 0 Å². The monoisotopic (exact) mass is 190 g/mol. The van der Waals surface area contributed by atoms with Crippen molar-refractivity contribution < 1.29 is 4.74 Å². The summed E-state index contributed by atoms with van der Waals surface area (Å²) in [5.74, 6) is 0.832. The zero-order valence-electron chi connectivity index (χ0n) is 8.69. The maximum absolute atomic E-state index is 5.56. The molecule has 74 valence electrons. The average Bonchev–Trinajstić information content (AvgIpc) is 2.46. The molecule has 0 aliphatic rings. The molecule has 3 heteroatoms. The van der Waals surface area contributed by atoms with Crippen LogP contribution in [0.5, 0.6) is 5.75 Å². The summed E-state index contributed by atoms with van der Waals surface area (Å²) in [7, 11) is 1.98. The van der Waals surface area contributed by atoms with Crippen LogP contribution >= 0.6 is 0 Å². The Labute approximate surface area is 83.3 Å².